The molecule has 0 bridgehead atoms. The zero-order chi connectivity index (χ0) is 16.6. The number of nitrogens with zero attached hydrogens (tertiary/aromatic N) is 5. The van der Waals surface area contributed by atoms with Crippen molar-refractivity contribution in [1.29, 1.82) is 5.26 Å². The summed E-state index contributed by atoms with van der Waals surface area (Å²) in [7, 11) is 1.32. The lowest BCUT2D eigenvalue weighted by Gasteiger charge is -2.06. The highest BCUT2D eigenvalue weighted by Gasteiger charge is 2.19. The van der Waals surface area contributed by atoms with Crippen molar-refractivity contribution in [3.05, 3.63) is 62.0 Å². The lowest BCUT2D eigenvalue weighted by Crippen LogP contribution is -2.37. The average molecular weight is 346 g/mol. The Kier molecular flexibility index (Phi) is 4.90. The molecule has 0 saturated carbocycles. The maximum absolute atomic E-state index is 12.4. The van der Waals surface area contributed by atoms with E-state index in [1.165, 1.54) is 11.6 Å². The molecule has 0 aliphatic rings. The van der Waals surface area contributed by atoms with Crippen molar-refractivity contribution in [2.24, 2.45) is 7.05 Å². The van der Waals surface area contributed by atoms with Crippen LogP contribution in [0.5, 0.6) is 0 Å². The highest BCUT2D eigenvalue weighted by Crippen LogP contribution is 2.16. The minimum Gasteiger partial charge on any atom is -0.308 e. The number of halogens is 1. The molecule has 7 nitrogen and oxygen atoms in total. The molecule has 0 unspecified atom stereocenters. The number of aromatic nitrogens is 4. The van der Waals surface area contributed by atoms with Gasteiger partial charge >= 0.3 is 5.69 Å². The summed E-state index contributed by atoms with van der Waals surface area (Å²) in [5, 5.41) is 9.22. The molecule has 0 radical (unpaired) electrons. The zero-order valence-corrected chi connectivity index (χ0v) is 13.0. The monoisotopic (exact) mass is 345 g/mol. The topological polar surface area (TPSA) is 85.6 Å². The van der Waals surface area contributed by atoms with Crippen LogP contribution in [0.15, 0.2) is 39.9 Å². The molecule has 0 aliphatic carbocycles. The fraction of sp³-hybridized carbons (Fsp3) is 0.250. The first-order chi connectivity index (χ1) is 11.0. The summed E-state index contributed by atoms with van der Waals surface area (Å²) in [5.41, 5.74) is -0.0533. The second-order valence-corrected chi connectivity index (χ2v) is 5.36. The van der Waals surface area contributed by atoms with E-state index in [4.69, 9.17) is 16.9 Å². The highest BCUT2D eigenvalue weighted by atomic mass is 35.5. The van der Waals surface area contributed by atoms with Crippen LogP contribution in [-0.4, -0.2) is 18.7 Å². The Morgan fingerprint density at radius 3 is 2.54 bits per heavy atom. The number of rotatable bonds is 3. The molecule has 3 rings (SSSR count). The van der Waals surface area contributed by atoms with Crippen LogP contribution in [0.1, 0.15) is 13.0 Å². The molecular formula is C16H16ClN5O2. The highest BCUT2D eigenvalue weighted by molar-refractivity contribution is 6.29. The van der Waals surface area contributed by atoms with Gasteiger partial charge in [0.15, 0.2) is 17.4 Å². The Morgan fingerprint density at radius 2 is 1.92 bits per heavy atom. The van der Waals surface area contributed by atoms with E-state index < -0.39 is 11.2 Å². The SMILES string of the molecule is C.Cn1c(=O)c2c(nc(Cl)n2CCc2ccccc2)n(C#N)c1=O. The molecule has 0 spiro atoms. The van der Waals surface area contributed by atoms with Gasteiger partial charge in [-0.05, 0) is 23.6 Å². The Balaban J connectivity index is 0.00000208. The quantitative estimate of drug-likeness (QED) is 0.677. The van der Waals surface area contributed by atoms with E-state index >= 15 is 0 Å². The maximum Gasteiger partial charge on any atom is 0.346 e. The van der Waals surface area contributed by atoms with Gasteiger partial charge in [0.25, 0.3) is 5.56 Å². The Hall–Kier alpha value is -2.85. The molecule has 0 amide bonds. The van der Waals surface area contributed by atoms with Crippen molar-refractivity contribution in [2.45, 2.75) is 20.4 Å². The number of aryl methyl sites for hydroxylation is 2. The first-order valence-electron chi connectivity index (χ1n) is 6.86. The van der Waals surface area contributed by atoms with Gasteiger partial charge in [0, 0.05) is 13.6 Å². The average Bonchev–Trinajstić information content (AvgIpc) is 2.88. The Morgan fingerprint density at radius 1 is 1.25 bits per heavy atom. The number of benzene rings is 1. The van der Waals surface area contributed by atoms with E-state index in [1.807, 2.05) is 30.3 Å². The van der Waals surface area contributed by atoms with Gasteiger partial charge in [-0.15, -0.1) is 0 Å². The molecule has 2 aromatic heterocycles. The Bertz CT molecular complexity index is 1040. The fourth-order valence-electron chi connectivity index (χ4n) is 2.45. The van der Waals surface area contributed by atoms with Crippen molar-refractivity contribution < 1.29 is 0 Å². The fourth-order valence-corrected chi connectivity index (χ4v) is 2.70. The van der Waals surface area contributed by atoms with Crippen molar-refractivity contribution in [3.8, 4) is 6.19 Å². The standard InChI is InChI=1S/C15H12ClN5O2.CH4/c1-19-13(22)11-12(21(9-17)15(19)23)18-14(16)20(11)8-7-10-5-3-2-4-6-10;/h2-6H,7-8H2,1H3;1H4. The van der Waals surface area contributed by atoms with Crippen LogP contribution in [0.3, 0.4) is 0 Å². The van der Waals surface area contributed by atoms with Gasteiger partial charge < -0.3 is 4.57 Å². The summed E-state index contributed by atoms with van der Waals surface area (Å²) < 4.78 is 3.17. The first kappa shape index (κ1) is 17.5. The molecule has 0 N–H and O–H groups in total. The molecule has 0 aliphatic heterocycles. The van der Waals surface area contributed by atoms with E-state index in [2.05, 4.69) is 4.98 Å². The number of fused-ring (bicyclic) bond motifs is 1. The molecule has 124 valence electrons. The predicted octanol–water partition coefficient (Wildman–Crippen LogP) is 1.76. The third-order valence-electron chi connectivity index (χ3n) is 3.67. The van der Waals surface area contributed by atoms with E-state index in [0.29, 0.717) is 13.0 Å². The molecule has 3 aromatic rings. The van der Waals surface area contributed by atoms with Gasteiger partial charge in [0.05, 0.1) is 0 Å². The molecule has 0 saturated heterocycles. The molecular weight excluding hydrogens is 330 g/mol. The number of hydrogen-bond donors (Lipinski definition) is 0. The predicted molar refractivity (Wildman–Crippen MR) is 92.1 cm³/mol. The van der Waals surface area contributed by atoms with Crippen LogP contribution in [0.25, 0.3) is 11.2 Å². The van der Waals surface area contributed by atoms with E-state index in [-0.39, 0.29) is 23.9 Å². The van der Waals surface area contributed by atoms with Crippen molar-refractivity contribution in [1.82, 2.24) is 18.7 Å². The van der Waals surface area contributed by atoms with Crippen LogP contribution in [0.4, 0.5) is 0 Å². The second kappa shape index (κ2) is 6.72. The van der Waals surface area contributed by atoms with Gasteiger partial charge in [-0.3, -0.25) is 9.36 Å². The van der Waals surface area contributed by atoms with Crippen molar-refractivity contribution in [2.75, 3.05) is 0 Å². The van der Waals surface area contributed by atoms with Gasteiger partial charge in [-0.2, -0.15) is 14.8 Å². The van der Waals surface area contributed by atoms with Gasteiger partial charge in [0.1, 0.15) is 0 Å². The summed E-state index contributed by atoms with van der Waals surface area (Å²) in [6.07, 6.45) is 2.37. The second-order valence-electron chi connectivity index (χ2n) is 5.02. The van der Waals surface area contributed by atoms with Gasteiger partial charge in [-0.25, -0.2) is 4.79 Å². The lowest BCUT2D eigenvalue weighted by molar-refractivity contribution is 0.700. The molecule has 1 aromatic carbocycles. The molecule has 0 atom stereocenters. The number of imidazole rings is 1. The number of hydrogen-bond acceptors (Lipinski definition) is 4. The lowest BCUT2D eigenvalue weighted by atomic mass is 10.1. The smallest absolute Gasteiger partial charge is 0.308 e. The molecule has 24 heavy (non-hydrogen) atoms. The molecule has 2 heterocycles. The summed E-state index contributed by atoms with van der Waals surface area (Å²) in [4.78, 5) is 28.3. The van der Waals surface area contributed by atoms with Crippen LogP contribution < -0.4 is 11.2 Å². The van der Waals surface area contributed by atoms with Crippen LogP contribution in [0, 0.1) is 11.5 Å². The van der Waals surface area contributed by atoms with Gasteiger partial charge in [0.2, 0.25) is 5.28 Å². The minimum absolute atomic E-state index is 0. The summed E-state index contributed by atoms with van der Waals surface area (Å²) >= 11 is 6.12. The molecule has 0 fully saturated rings. The normalized spacial score (nSPS) is 10.4. The van der Waals surface area contributed by atoms with Crippen LogP contribution in [-0.2, 0) is 20.0 Å². The first-order valence-corrected chi connectivity index (χ1v) is 7.24. The largest absolute Gasteiger partial charge is 0.346 e. The third kappa shape index (κ3) is 2.72. The summed E-state index contributed by atoms with van der Waals surface area (Å²) in [6.45, 7) is 0.415. The van der Waals surface area contributed by atoms with E-state index in [9.17, 15) is 9.59 Å². The third-order valence-corrected chi connectivity index (χ3v) is 3.96. The molecule has 8 heteroatoms. The Labute approximate surface area is 143 Å². The zero-order valence-electron chi connectivity index (χ0n) is 12.2. The minimum atomic E-state index is -0.741. The summed E-state index contributed by atoms with van der Waals surface area (Å²) in [6, 6.07) is 9.71. The van der Waals surface area contributed by atoms with Crippen molar-refractivity contribution in [3.63, 3.8) is 0 Å². The van der Waals surface area contributed by atoms with E-state index in [1.54, 1.807) is 6.19 Å². The van der Waals surface area contributed by atoms with Crippen molar-refractivity contribution >= 4 is 22.8 Å². The van der Waals surface area contributed by atoms with E-state index in [0.717, 1.165) is 14.7 Å². The maximum atomic E-state index is 12.4. The number of nitriles is 1. The van der Waals surface area contributed by atoms with Crippen LogP contribution >= 0.6 is 11.6 Å². The van der Waals surface area contributed by atoms with Gasteiger partial charge in [-0.1, -0.05) is 37.8 Å². The summed E-state index contributed by atoms with van der Waals surface area (Å²) in [5.74, 6) is 0. The van der Waals surface area contributed by atoms with Crippen LogP contribution in [0.2, 0.25) is 5.28 Å².